The van der Waals surface area contributed by atoms with Crippen molar-refractivity contribution in [2.75, 3.05) is 23.3 Å². The zero-order valence-electron chi connectivity index (χ0n) is 17.7. The third-order valence-electron chi connectivity index (χ3n) is 5.46. The predicted molar refractivity (Wildman–Crippen MR) is 111 cm³/mol. The van der Waals surface area contributed by atoms with Crippen LogP contribution in [0.3, 0.4) is 0 Å². The monoisotopic (exact) mass is 374 g/mol. The smallest absolute Gasteiger partial charge is 0.336 e. The molecule has 0 saturated carbocycles. The van der Waals surface area contributed by atoms with Gasteiger partial charge in [0.25, 0.3) is 0 Å². The maximum Gasteiger partial charge on any atom is 0.336 e. The Bertz CT molecular complexity index is 732. The molecular formula is C22H34N2O3. The number of nitrogens with zero attached hydrogens (tertiary/aromatic N) is 1. The molecule has 0 fully saturated rings. The van der Waals surface area contributed by atoms with Gasteiger partial charge in [-0.1, -0.05) is 47.0 Å². The van der Waals surface area contributed by atoms with Crippen LogP contribution in [-0.4, -0.2) is 30.1 Å². The van der Waals surface area contributed by atoms with Crippen LogP contribution < -0.4 is 10.2 Å². The largest absolute Gasteiger partial charge is 0.478 e. The molecule has 2 N–H and O–H groups in total. The fourth-order valence-corrected chi connectivity index (χ4v) is 3.80. The van der Waals surface area contributed by atoms with E-state index in [1.54, 1.807) is 0 Å². The van der Waals surface area contributed by atoms with Crippen molar-refractivity contribution in [3.8, 4) is 0 Å². The number of rotatable bonds is 7. The van der Waals surface area contributed by atoms with Crippen LogP contribution in [0.25, 0.3) is 0 Å². The van der Waals surface area contributed by atoms with Gasteiger partial charge in [-0.2, -0.15) is 0 Å². The second kappa shape index (κ2) is 8.32. The SMILES string of the molecule is CCCCCCN1CCc2c(C)c(C(=O)O)c(C)c(NC(=O)C(C)(C)C)c21. The van der Waals surface area contributed by atoms with Crippen molar-refractivity contribution in [1.82, 2.24) is 0 Å². The summed E-state index contributed by atoms with van der Waals surface area (Å²) < 4.78 is 0. The second-order valence-electron chi connectivity index (χ2n) is 8.63. The van der Waals surface area contributed by atoms with Crippen LogP contribution in [0.1, 0.15) is 80.4 Å². The summed E-state index contributed by atoms with van der Waals surface area (Å²) in [4.78, 5) is 26.9. The number of carboxylic acid groups (broad SMARTS) is 1. The summed E-state index contributed by atoms with van der Waals surface area (Å²) in [5, 5.41) is 12.8. The van der Waals surface area contributed by atoms with E-state index in [1.165, 1.54) is 19.3 Å². The summed E-state index contributed by atoms with van der Waals surface area (Å²) >= 11 is 0. The minimum atomic E-state index is -0.930. The van der Waals surface area contributed by atoms with E-state index in [4.69, 9.17) is 0 Å². The van der Waals surface area contributed by atoms with E-state index >= 15 is 0 Å². The molecule has 1 aliphatic heterocycles. The maximum absolute atomic E-state index is 12.7. The first-order valence-electron chi connectivity index (χ1n) is 10.0. The van der Waals surface area contributed by atoms with Crippen molar-refractivity contribution in [3.63, 3.8) is 0 Å². The molecule has 0 atom stereocenters. The zero-order chi connectivity index (χ0) is 20.4. The lowest BCUT2D eigenvalue weighted by Gasteiger charge is -2.27. The van der Waals surface area contributed by atoms with Gasteiger partial charge in [0.1, 0.15) is 0 Å². The van der Waals surface area contributed by atoms with E-state index < -0.39 is 11.4 Å². The van der Waals surface area contributed by atoms with Gasteiger partial charge in [0.2, 0.25) is 5.91 Å². The van der Waals surface area contributed by atoms with E-state index in [0.717, 1.165) is 42.7 Å². The van der Waals surface area contributed by atoms with Crippen molar-refractivity contribution >= 4 is 23.3 Å². The van der Waals surface area contributed by atoms with Gasteiger partial charge in [-0.25, -0.2) is 4.79 Å². The Hall–Kier alpha value is -2.04. The molecule has 0 spiro atoms. The Balaban J connectivity index is 2.49. The molecule has 2 rings (SSSR count). The lowest BCUT2D eigenvalue weighted by molar-refractivity contribution is -0.123. The molecule has 1 aliphatic rings. The molecule has 150 valence electrons. The number of fused-ring (bicyclic) bond motifs is 1. The van der Waals surface area contributed by atoms with E-state index in [1.807, 2.05) is 34.6 Å². The number of hydrogen-bond donors (Lipinski definition) is 2. The van der Waals surface area contributed by atoms with Crippen LogP contribution in [0.2, 0.25) is 0 Å². The van der Waals surface area contributed by atoms with Crippen LogP contribution in [0.4, 0.5) is 11.4 Å². The number of nitrogens with one attached hydrogen (secondary N) is 1. The molecular weight excluding hydrogens is 340 g/mol. The average molecular weight is 375 g/mol. The van der Waals surface area contributed by atoms with Gasteiger partial charge in [-0.3, -0.25) is 4.79 Å². The highest BCUT2D eigenvalue weighted by Crippen LogP contribution is 2.43. The number of carboxylic acids is 1. The van der Waals surface area contributed by atoms with Gasteiger partial charge in [0, 0.05) is 18.5 Å². The number of carbonyl (C=O) groups excluding carboxylic acids is 1. The van der Waals surface area contributed by atoms with Crippen LogP contribution >= 0.6 is 0 Å². The summed E-state index contributed by atoms with van der Waals surface area (Å²) in [7, 11) is 0. The molecule has 27 heavy (non-hydrogen) atoms. The van der Waals surface area contributed by atoms with Crippen LogP contribution in [0.15, 0.2) is 0 Å². The summed E-state index contributed by atoms with van der Waals surface area (Å²) in [6, 6.07) is 0. The van der Waals surface area contributed by atoms with Crippen LogP contribution in [0, 0.1) is 19.3 Å². The average Bonchev–Trinajstić information content (AvgIpc) is 2.98. The molecule has 1 aromatic carbocycles. The van der Waals surface area contributed by atoms with E-state index in [2.05, 4.69) is 17.1 Å². The topological polar surface area (TPSA) is 69.6 Å². The fourth-order valence-electron chi connectivity index (χ4n) is 3.80. The highest BCUT2D eigenvalue weighted by Gasteiger charge is 2.32. The normalized spacial score (nSPS) is 13.6. The predicted octanol–water partition coefficient (Wildman–Crippen LogP) is 4.93. The Morgan fingerprint density at radius 2 is 1.78 bits per heavy atom. The quantitative estimate of drug-likeness (QED) is 0.664. The van der Waals surface area contributed by atoms with Gasteiger partial charge < -0.3 is 15.3 Å². The second-order valence-corrected chi connectivity index (χ2v) is 8.63. The van der Waals surface area contributed by atoms with E-state index in [-0.39, 0.29) is 5.91 Å². The Morgan fingerprint density at radius 3 is 2.33 bits per heavy atom. The van der Waals surface area contributed by atoms with Crippen molar-refractivity contribution in [2.24, 2.45) is 5.41 Å². The van der Waals surface area contributed by atoms with Gasteiger partial charge in [-0.15, -0.1) is 0 Å². The highest BCUT2D eigenvalue weighted by molar-refractivity contribution is 6.03. The van der Waals surface area contributed by atoms with Crippen molar-refractivity contribution in [3.05, 3.63) is 22.3 Å². The summed E-state index contributed by atoms with van der Waals surface area (Å²) in [6.45, 7) is 13.3. The number of anilines is 2. The number of amides is 1. The molecule has 0 aliphatic carbocycles. The lowest BCUT2D eigenvalue weighted by Crippen LogP contribution is -2.30. The first-order valence-corrected chi connectivity index (χ1v) is 10.0. The number of aromatic carboxylic acids is 1. The maximum atomic E-state index is 12.7. The minimum absolute atomic E-state index is 0.0918. The Morgan fingerprint density at radius 1 is 1.11 bits per heavy atom. The Labute approximate surface area is 163 Å². The van der Waals surface area contributed by atoms with Crippen LogP contribution in [-0.2, 0) is 11.2 Å². The molecule has 0 radical (unpaired) electrons. The standard InChI is InChI=1S/C22H34N2O3/c1-7-8-9-10-12-24-13-11-16-14(2)17(20(25)26)15(3)18(19(16)24)23-21(27)22(4,5)6/h7-13H2,1-6H3,(H,23,27)(H,25,26). The first kappa shape index (κ1) is 21.3. The lowest BCUT2D eigenvalue weighted by atomic mass is 9.91. The molecule has 0 aromatic heterocycles. The van der Waals surface area contributed by atoms with Crippen molar-refractivity contribution < 1.29 is 14.7 Å². The highest BCUT2D eigenvalue weighted by atomic mass is 16.4. The van der Waals surface area contributed by atoms with Gasteiger partial charge in [0.15, 0.2) is 0 Å². The number of unbranched alkanes of at least 4 members (excludes halogenated alkanes) is 3. The minimum Gasteiger partial charge on any atom is -0.478 e. The number of carbonyl (C=O) groups is 2. The van der Waals surface area contributed by atoms with Crippen molar-refractivity contribution in [2.45, 2.75) is 73.6 Å². The van der Waals surface area contributed by atoms with Gasteiger partial charge >= 0.3 is 5.97 Å². The molecule has 0 saturated heterocycles. The van der Waals surface area contributed by atoms with Gasteiger partial charge in [-0.05, 0) is 43.4 Å². The molecule has 5 nitrogen and oxygen atoms in total. The molecule has 0 bridgehead atoms. The van der Waals surface area contributed by atoms with Crippen molar-refractivity contribution in [1.29, 1.82) is 0 Å². The van der Waals surface area contributed by atoms with Crippen LogP contribution in [0.5, 0.6) is 0 Å². The zero-order valence-corrected chi connectivity index (χ0v) is 17.7. The summed E-state index contributed by atoms with van der Waals surface area (Å²) in [5.74, 6) is -1.02. The first-order chi connectivity index (χ1) is 12.6. The van der Waals surface area contributed by atoms with Gasteiger partial charge in [0.05, 0.1) is 16.9 Å². The third-order valence-corrected chi connectivity index (χ3v) is 5.46. The Kier molecular flexibility index (Phi) is 6.55. The van der Waals surface area contributed by atoms with E-state index in [9.17, 15) is 14.7 Å². The summed E-state index contributed by atoms with van der Waals surface area (Å²) in [6.07, 6.45) is 5.55. The number of hydrogen-bond acceptors (Lipinski definition) is 3. The molecule has 1 amide bonds. The number of benzene rings is 1. The molecule has 1 aromatic rings. The van der Waals surface area contributed by atoms with E-state index in [0.29, 0.717) is 16.8 Å². The third kappa shape index (κ3) is 4.45. The molecule has 1 heterocycles. The molecule has 0 unspecified atom stereocenters. The molecule has 5 heteroatoms. The fraction of sp³-hybridized carbons (Fsp3) is 0.636. The summed E-state index contributed by atoms with van der Waals surface area (Å²) in [5.41, 5.74) is 4.04.